The Bertz CT molecular complexity index is 1290. The highest BCUT2D eigenvalue weighted by Gasteiger charge is 2.27. The third-order valence-electron chi connectivity index (χ3n) is 4.09. The normalized spacial score (nSPS) is 13.1. The molecule has 0 atom stereocenters. The molecule has 29 heavy (non-hydrogen) atoms. The lowest BCUT2D eigenvalue weighted by Gasteiger charge is -2.15. The number of aromatic nitrogens is 2. The predicted octanol–water partition coefficient (Wildman–Crippen LogP) is 3.17. The van der Waals surface area contributed by atoms with Crippen LogP contribution in [0, 0.1) is 16.7 Å². The van der Waals surface area contributed by atoms with Gasteiger partial charge in [-0.1, -0.05) is 48.8 Å². The summed E-state index contributed by atoms with van der Waals surface area (Å²) >= 11 is 4.53. The molecule has 0 saturated carbocycles. The zero-order valence-corrected chi connectivity index (χ0v) is 18.5. The van der Waals surface area contributed by atoms with Crippen molar-refractivity contribution in [3.05, 3.63) is 78.4 Å². The summed E-state index contributed by atoms with van der Waals surface area (Å²) in [5.41, 5.74) is 0.117. The van der Waals surface area contributed by atoms with Crippen LogP contribution in [-0.4, -0.2) is 15.3 Å². The highest BCUT2D eigenvalue weighted by atomic mass is 79.9. The van der Waals surface area contributed by atoms with Gasteiger partial charge < -0.3 is 0 Å². The Labute approximate surface area is 180 Å². The molecule has 5 nitrogen and oxygen atoms in total. The molecule has 0 radical (unpaired) electrons. The minimum absolute atomic E-state index is 0.0275. The van der Waals surface area contributed by atoms with Gasteiger partial charge in [0, 0.05) is 16.1 Å². The molecular formula is C22H18BrN3O2S. The highest BCUT2D eigenvalue weighted by Crippen LogP contribution is 2.20. The molecule has 2 aromatic heterocycles. The Kier molecular flexibility index (Phi) is 5.96. The molecule has 0 N–H and O–H groups in total. The van der Waals surface area contributed by atoms with Gasteiger partial charge in [-0.05, 0) is 36.4 Å². The van der Waals surface area contributed by atoms with E-state index in [9.17, 15) is 14.9 Å². The number of nitrogens with zero attached hydrogens (tertiary/aromatic N) is 3. The number of benzene rings is 1. The van der Waals surface area contributed by atoms with Crippen LogP contribution in [0.25, 0.3) is 17.3 Å². The SMILES string of the molecule is CC(C)(C)C(=O)C(C#N)=c1sc(=Cc2ccccn2)c(=O)n1-c1cccc(Br)c1. The molecule has 0 saturated heterocycles. The average Bonchev–Trinajstić information content (AvgIpc) is 2.98. The molecule has 0 amide bonds. The molecule has 0 aliphatic heterocycles. The van der Waals surface area contributed by atoms with Crippen molar-refractivity contribution >= 4 is 44.7 Å². The molecule has 0 unspecified atom stereocenters. The molecule has 146 valence electrons. The highest BCUT2D eigenvalue weighted by molar-refractivity contribution is 9.10. The quantitative estimate of drug-likeness (QED) is 0.592. The largest absolute Gasteiger partial charge is 0.293 e. The van der Waals surface area contributed by atoms with Gasteiger partial charge >= 0.3 is 0 Å². The minimum Gasteiger partial charge on any atom is -0.293 e. The van der Waals surface area contributed by atoms with Gasteiger partial charge in [-0.25, -0.2) is 0 Å². The van der Waals surface area contributed by atoms with E-state index in [0.29, 0.717) is 20.6 Å². The summed E-state index contributed by atoms with van der Waals surface area (Å²) in [7, 11) is 0. The van der Waals surface area contributed by atoms with Crippen molar-refractivity contribution in [1.82, 2.24) is 9.55 Å². The number of ketones is 1. The summed E-state index contributed by atoms with van der Waals surface area (Å²) in [6.45, 7) is 5.26. The maximum atomic E-state index is 13.3. The van der Waals surface area contributed by atoms with Crippen molar-refractivity contribution in [2.24, 2.45) is 5.41 Å². The second kappa shape index (κ2) is 8.27. The van der Waals surface area contributed by atoms with Crippen LogP contribution in [0.3, 0.4) is 0 Å². The number of nitriles is 1. The molecule has 0 fully saturated rings. The lowest BCUT2D eigenvalue weighted by molar-refractivity contribution is -0.120. The summed E-state index contributed by atoms with van der Waals surface area (Å²) in [5, 5.41) is 9.78. The average molecular weight is 468 g/mol. The third kappa shape index (κ3) is 4.44. The molecule has 0 aliphatic carbocycles. The molecule has 3 rings (SSSR count). The van der Waals surface area contributed by atoms with Gasteiger partial charge in [-0.3, -0.25) is 19.1 Å². The van der Waals surface area contributed by atoms with Crippen LogP contribution in [0.4, 0.5) is 0 Å². The van der Waals surface area contributed by atoms with Crippen molar-refractivity contribution in [3.63, 3.8) is 0 Å². The van der Waals surface area contributed by atoms with Crippen molar-refractivity contribution in [3.8, 4) is 11.8 Å². The fourth-order valence-electron chi connectivity index (χ4n) is 2.67. The number of halogens is 1. The predicted molar refractivity (Wildman–Crippen MR) is 118 cm³/mol. The monoisotopic (exact) mass is 467 g/mol. The molecule has 2 heterocycles. The van der Waals surface area contributed by atoms with Crippen molar-refractivity contribution in [2.45, 2.75) is 20.8 Å². The third-order valence-corrected chi connectivity index (χ3v) is 5.68. The van der Waals surface area contributed by atoms with Gasteiger partial charge in [0.15, 0.2) is 5.78 Å². The van der Waals surface area contributed by atoms with Crippen LogP contribution >= 0.6 is 27.3 Å². The lowest BCUT2D eigenvalue weighted by atomic mass is 9.87. The number of Topliss-reactive ketones (excluding diaryl/α,β-unsaturated/α-hetero) is 1. The summed E-state index contributed by atoms with van der Waals surface area (Å²) in [4.78, 5) is 30.4. The van der Waals surface area contributed by atoms with Gasteiger partial charge in [-0.2, -0.15) is 5.26 Å². The zero-order valence-electron chi connectivity index (χ0n) is 16.1. The second-order valence-corrected chi connectivity index (χ2v) is 9.30. The summed E-state index contributed by atoms with van der Waals surface area (Å²) in [5.74, 6) is -0.311. The maximum absolute atomic E-state index is 13.3. The lowest BCUT2D eigenvalue weighted by Crippen LogP contribution is -2.33. The summed E-state index contributed by atoms with van der Waals surface area (Å²) in [6.07, 6.45) is 3.31. The number of hydrogen-bond acceptors (Lipinski definition) is 5. The molecule has 0 bridgehead atoms. The van der Waals surface area contributed by atoms with Gasteiger partial charge in [-0.15, -0.1) is 11.3 Å². The Morgan fingerprint density at radius 3 is 2.59 bits per heavy atom. The standard InChI is InChI=1S/C22H18BrN3O2S/c1-22(2,3)19(27)17(13-24)21-26(16-9-6-7-14(23)11-16)20(28)18(29-21)12-15-8-4-5-10-25-15/h4-12H,1-3H3. The van der Waals surface area contributed by atoms with E-state index in [4.69, 9.17) is 0 Å². The minimum atomic E-state index is -0.752. The molecule has 0 spiro atoms. The first-order valence-corrected chi connectivity index (χ1v) is 10.4. The second-order valence-electron chi connectivity index (χ2n) is 7.36. The van der Waals surface area contributed by atoms with Crippen LogP contribution < -0.4 is 14.8 Å². The fourth-order valence-corrected chi connectivity index (χ4v) is 4.14. The van der Waals surface area contributed by atoms with Crippen LogP contribution in [0.1, 0.15) is 26.5 Å². The Morgan fingerprint density at radius 1 is 1.24 bits per heavy atom. The van der Waals surface area contributed by atoms with Crippen molar-refractivity contribution in [1.29, 1.82) is 5.26 Å². The zero-order chi connectivity index (χ0) is 21.2. The van der Waals surface area contributed by atoms with Gasteiger partial charge in [0.2, 0.25) is 0 Å². The van der Waals surface area contributed by atoms with E-state index in [1.165, 1.54) is 4.57 Å². The van der Waals surface area contributed by atoms with Crippen LogP contribution in [0.15, 0.2) is 57.9 Å². The first-order valence-electron chi connectivity index (χ1n) is 8.82. The number of carbonyl (C=O) groups is 1. The fraction of sp³-hybridized carbons (Fsp3) is 0.182. The van der Waals surface area contributed by atoms with E-state index in [0.717, 1.165) is 15.8 Å². The topological polar surface area (TPSA) is 75.8 Å². The number of rotatable bonds is 3. The van der Waals surface area contributed by atoms with Crippen LogP contribution in [0.2, 0.25) is 0 Å². The molecule has 3 aromatic rings. The Morgan fingerprint density at radius 2 is 2.00 bits per heavy atom. The number of carbonyl (C=O) groups excluding carboxylic acids is 1. The smallest absolute Gasteiger partial charge is 0.273 e. The van der Waals surface area contributed by atoms with Crippen LogP contribution in [0.5, 0.6) is 0 Å². The number of pyridine rings is 1. The molecule has 7 heteroatoms. The van der Waals surface area contributed by atoms with E-state index in [1.54, 1.807) is 63.4 Å². The van der Waals surface area contributed by atoms with E-state index >= 15 is 0 Å². The van der Waals surface area contributed by atoms with E-state index in [-0.39, 0.29) is 16.9 Å². The van der Waals surface area contributed by atoms with Crippen LogP contribution in [-0.2, 0) is 4.79 Å². The van der Waals surface area contributed by atoms with E-state index in [2.05, 4.69) is 20.9 Å². The molecule has 0 aliphatic rings. The van der Waals surface area contributed by atoms with E-state index in [1.807, 2.05) is 18.2 Å². The van der Waals surface area contributed by atoms with Gasteiger partial charge in [0.25, 0.3) is 5.56 Å². The van der Waals surface area contributed by atoms with Gasteiger partial charge in [0.1, 0.15) is 16.3 Å². The van der Waals surface area contributed by atoms with E-state index < -0.39 is 5.41 Å². The first kappa shape index (κ1) is 20.9. The Hall–Kier alpha value is -2.82. The molecular weight excluding hydrogens is 450 g/mol. The van der Waals surface area contributed by atoms with Crippen molar-refractivity contribution in [2.75, 3.05) is 0 Å². The summed E-state index contributed by atoms with van der Waals surface area (Å²) in [6, 6.07) is 14.6. The first-order chi connectivity index (χ1) is 13.7. The number of thiazole rings is 1. The Balaban J connectivity index is 2.45. The maximum Gasteiger partial charge on any atom is 0.273 e. The molecule has 1 aromatic carbocycles. The number of hydrogen-bond donors (Lipinski definition) is 0. The van der Waals surface area contributed by atoms with Crippen molar-refractivity contribution < 1.29 is 4.79 Å². The summed E-state index contributed by atoms with van der Waals surface area (Å²) < 4.78 is 2.92. The van der Waals surface area contributed by atoms with Gasteiger partial charge in [0.05, 0.1) is 15.9 Å².